The average Bonchev–Trinajstić information content (AvgIpc) is 3.52. The number of halogens is 1. The van der Waals surface area contributed by atoms with Gasteiger partial charge in [0, 0.05) is 29.1 Å². The zero-order chi connectivity index (χ0) is 24.9. The Labute approximate surface area is 207 Å². The van der Waals surface area contributed by atoms with Gasteiger partial charge in [-0.3, -0.25) is 0 Å². The Morgan fingerprint density at radius 3 is 2.39 bits per heavy atom. The molecule has 6 rings (SSSR count). The summed E-state index contributed by atoms with van der Waals surface area (Å²) in [5.41, 5.74) is 2.52. The van der Waals surface area contributed by atoms with Gasteiger partial charge in [0.05, 0.1) is 22.7 Å². The topological polar surface area (TPSA) is 93.6 Å². The van der Waals surface area contributed by atoms with Gasteiger partial charge in [0.2, 0.25) is 0 Å². The summed E-state index contributed by atoms with van der Waals surface area (Å²) in [5, 5.41) is 10.1. The molecule has 5 aromatic rings. The van der Waals surface area contributed by atoms with Crippen molar-refractivity contribution in [2.75, 3.05) is 0 Å². The van der Waals surface area contributed by atoms with Crippen LogP contribution in [0, 0.1) is 23.1 Å². The molecule has 0 aliphatic heterocycles. The minimum absolute atomic E-state index is 0.0316. The molecule has 7 nitrogen and oxygen atoms in total. The van der Waals surface area contributed by atoms with Gasteiger partial charge >= 0.3 is 0 Å². The van der Waals surface area contributed by atoms with Crippen molar-refractivity contribution in [1.82, 2.24) is 18.5 Å². The van der Waals surface area contributed by atoms with Gasteiger partial charge in [-0.15, -0.1) is 0 Å². The number of pyridine rings is 1. The van der Waals surface area contributed by atoms with E-state index in [4.69, 9.17) is 4.98 Å². The van der Waals surface area contributed by atoms with Crippen LogP contribution in [0.5, 0.6) is 0 Å². The van der Waals surface area contributed by atoms with E-state index in [2.05, 4.69) is 15.6 Å². The summed E-state index contributed by atoms with van der Waals surface area (Å²) in [5.74, 6) is 0.380. The number of hydrogen-bond donors (Lipinski definition) is 0. The average molecular weight is 500 g/mol. The maximum atomic E-state index is 13.7. The summed E-state index contributed by atoms with van der Waals surface area (Å²) < 4.78 is 43.8. The maximum Gasteiger partial charge on any atom is 0.269 e. The van der Waals surface area contributed by atoms with Gasteiger partial charge in [-0.1, -0.05) is 18.2 Å². The Kier molecular flexibility index (Phi) is 5.34. The Bertz CT molecular complexity index is 1730. The predicted molar refractivity (Wildman–Crippen MR) is 134 cm³/mol. The maximum absolute atomic E-state index is 13.7. The SMILES string of the molecule is N#C[C@H]1CC[C@H](n2c(-c3ccc(F)cc3)nc3cnc4c(ccn4S(=O)(=O)c4ccccc4)c32)CC1. The second-order valence-corrected chi connectivity index (χ2v) is 10.9. The number of fused-ring (bicyclic) bond motifs is 3. The highest BCUT2D eigenvalue weighted by Crippen LogP contribution is 2.40. The first-order valence-corrected chi connectivity index (χ1v) is 13.3. The first-order chi connectivity index (χ1) is 17.5. The van der Waals surface area contributed by atoms with E-state index >= 15 is 0 Å². The lowest BCUT2D eigenvalue weighted by molar-refractivity contribution is 0.320. The Morgan fingerprint density at radius 1 is 0.972 bits per heavy atom. The van der Waals surface area contributed by atoms with E-state index in [1.54, 1.807) is 54.7 Å². The van der Waals surface area contributed by atoms with Crippen LogP contribution in [0.15, 0.2) is 78.0 Å². The van der Waals surface area contributed by atoms with Crippen LogP contribution >= 0.6 is 0 Å². The predicted octanol–water partition coefficient (Wildman–Crippen LogP) is 5.68. The molecule has 3 aromatic heterocycles. The molecular weight excluding hydrogens is 477 g/mol. The molecule has 0 radical (unpaired) electrons. The van der Waals surface area contributed by atoms with Gasteiger partial charge in [0.15, 0.2) is 5.65 Å². The summed E-state index contributed by atoms with van der Waals surface area (Å²) >= 11 is 0. The van der Waals surface area contributed by atoms with Crippen LogP contribution in [0.4, 0.5) is 4.39 Å². The molecule has 0 saturated heterocycles. The third-order valence-corrected chi connectivity index (χ3v) is 8.66. The zero-order valence-electron chi connectivity index (χ0n) is 19.3. The molecule has 0 N–H and O–H groups in total. The number of rotatable bonds is 4. The molecule has 0 atom stereocenters. The lowest BCUT2D eigenvalue weighted by Crippen LogP contribution is -2.18. The lowest BCUT2D eigenvalue weighted by atomic mass is 9.86. The van der Waals surface area contributed by atoms with E-state index in [1.165, 1.54) is 22.3 Å². The summed E-state index contributed by atoms with van der Waals surface area (Å²) in [6.07, 6.45) is 6.28. The molecule has 180 valence electrons. The highest BCUT2D eigenvalue weighted by molar-refractivity contribution is 7.90. The van der Waals surface area contributed by atoms with Crippen molar-refractivity contribution in [2.45, 2.75) is 36.6 Å². The zero-order valence-corrected chi connectivity index (χ0v) is 20.1. The number of nitrogens with zero attached hydrogens (tertiary/aromatic N) is 5. The van der Waals surface area contributed by atoms with Gasteiger partial charge in [-0.05, 0) is 68.1 Å². The van der Waals surface area contributed by atoms with Crippen LogP contribution in [-0.2, 0) is 10.0 Å². The quantitative estimate of drug-likeness (QED) is 0.317. The monoisotopic (exact) mass is 499 g/mol. The van der Waals surface area contributed by atoms with Crippen LogP contribution in [0.2, 0.25) is 0 Å². The number of hydrogen-bond acceptors (Lipinski definition) is 5. The first-order valence-electron chi connectivity index (χ1n) is 11.8. The van der Waals surface area contributed by atoms with Crippen molar-refractivity contribution >= 4 is 32.1 Å². The molecule has 3 heterocycles. The molecular formula is C27H22FN5O2S. The summed E-state index contributed by atoms with van der Waals surface area (Å²) in [7, 11) is -3.84. The Balaban J connectivity index is 1.59. The van der Waals surface area contributed by atoms with Crippen molar-refractivity contribution in [3.05, 3.63) is 78.9 Å². The van der Waals surface area contributed by atoms with Gasteiger partial charge in [-0.2, -0.15) is 5.26 Å². The molecule has 1 saturated carbocycles. The fourth-order valence-corrected chi connectivity index (χ4v) is 6.49. The number of aromatic nitrogens is 4. The molecule has 1 aliphatic rings. The van der Waals surface area contributed by atoms with Crippen LogP contribution in [0.1, 0.15) is 31.7 Å². The number of benzene rings is 2. The minimum Gasteiger partial charge on any atom is -0.320 e. The normalized spacial score (nSPS) is 18.4. The standard InChI is InChI=1S/C27H22FN5O2S/c28-20-10-8-19(9-11-20)26-31-24-17-30-27-23(25(24)33(26)21-12-6-18(16-29)7-13-21)14-15-32(27)36(34,35)22-4-2-1-3-5-22/h1-5,8-11,14-15,17-18,21H,6-7,12-13H2/t18-,21-. The third kappa shape index (κ3) is 3.57. The Hall–Kier alpha value is -4.03. The molecule has 9 heteroatoms. The summed E-state index contributed by atoms with van der Waals surface area (Å²) in [6, 6.07) is 18.7. The molecule has 1 aliphatic carbocycles. The minimum atomic E-state index is -3.84. The summed E-state index contributed by atoms with van der Waals surface area (Å²) in [4.78, 5) is 9.54. The molecule has 36 heavy (non-hydrogen) atoms. The van der Waals surface area contributed by atoms with Crippen LogP contribution in [0.25, 0.3) is 33.5 Å². The highest BCUT2D eigenvalue weighted by atomic mass is 32.2. The van der Waals surface area contributed by atoms with E-state index in [1.807, 2.05) is 0 Å². The molecule has 0 spiro atoms. The van der Waals surface area contributed by atoms with Crippen LogP contribution in [0.3, 0.4) is 0 Å². The Morgan fingerprint density at radius 2 is 1.69 bits per heavy atom. The smallest absolute Gasteiger partial charge is 0.269 e. The molecule has 1 fully saturated rings. The van der Waals surface area contributed by atoms with Gasteiger partial charge in [-0.25, -0.2) is 26.7 Å². The van der Waals surface area contributed by atoms with E-state index in [9.17, 15) is 18.1 Å². The van der Waals surface area contributed by atoms with E-state index < -0.39 is 10.0 Å². The van der Waals surface area contributed by atoms with E-state index in [-0.39, 0.29) is 22.7 Å². The fraction of sp³-hybridized carbons (Fsp3) is 0.222. The number of imidazole rings is 1. The van der Waals surface area contributed by atoms with Crippen molar-refractivity contribution in [2.24, 2.45) is 5.92 Å². The lowest BCUT2D eigenvalue weighted by Gasteiger charge is -2.28. The van der Waals surface area contributed by atoms with Gasteiger partial charge < -0.3 is 4.57 Å². The first kappa shape index (κ1) is 22.4. The van der Waals surface area contributed by atoms with E-state index in [0.29, 0.717) is 22.4 Å². The number of nitriles is 1. The van der Waals surface area contributed by atoms with Crippen molar-refractivity contribution in [3.8, 4) is 17.5 Å². The molecule has 0 amide bonds. The molecule has 2 aromatic carbocycles. The largest absolute Gasteiger partial charge is 0.320 e. The van der Waals surface area contributed by atoms with Crippen molar-refractivity contribution in [3.63, 3.8) is 0 Å². The molecule has 0 unspecified atom stereocenters. The van der Waals surface area contributed by atoms with Crippen LogP contribution in [-0.4, -0.2) is 26.9 Å². The van der Waals surface area contributed by atoms with Crippen molar-refractivity contribution in [1.29, 1.82) is 5.26 Å². The van der Waals surface area contributed by atoms with Gasteiger partial charge in [0.25, 0.3) is 10.0 Å². The third-order valence-electron chi connectivity index (χ3n) is 6.98. The highest BCUT2D eigenvalue weighted by Gasteiger charge is 2.29. The van der Waals surface area contributed by atoms with Gasteiger partial charge in [0.1, 0.15) is 17.2 Å². The van der Waals surface area contributed by atoms with Crippen LogP contribution < -0.4 is 0 Å². The van der Waals surface area contributed by atoms with E-state index in [0.717, 1.165) is 36.8 Å². The second kappa shape index (κ2) is 8.57. The fourth-order valence-electron chi connectivity index (χ4n) is 5.17. The second-order valence-electron chi connectivity index (χ2n) is 9.11. The van der Waals surface area contributed by atoms with Crippen molar-refractivity contribution < 1.29 is 12.8 Å². The summed E-state index contributed by atoms with van der Waals surface area (Å²) in [6.45, 7) is 0. The molecule has 0 bridgehead atoms.